The fourth-order valence-corrected chi connectivity index (χ4v) is 16.0. The molecule has 0 aliphatic carbocycles. The molecule has 0 unspecified atom stereocenters. The van der Waals surface area contributed by atoms with Gasteiger partial charge in [0.2, 0.25) is 0 Å². The van der Waals surface area contributed by atoms with E-state index < -0.39 is 43.0 Å². The summed E-state index contributed by atoms with van der Waals surface area (Å²) in [4.78, 5) is 0. The minimum Gasteiger partial charge on any atom is -0.346 e. The maximum Gasteiger partial charge on any atom is 0.385 e. The van der Waals surface area contributed by atoms with Gasteiger partial charge in [0.15, 0.2) is 25.0 Å². The molecule has 0 spiro atoms. The van der Waals surface area contributed by atoms with Gasteiger partial charge in [-0.3, -0.25) is 4.18 Å². The summed E-state index contributed by atoms with van der Waals surface area (Å²) in [5, 5.41) is 0. The van der Waals surface area contributed by atoms with Crippen LogP contribution in [0.1, 0.15) is 84.0 Å². The minimum atomic E-state index is -4.20. The number of rotatable bonds is 21. The zero-order chi connectivity index (χ0) is 27.2. The lowest BCUT2D eigenvalue weighted by Crippen LogP contribution is -2.35. The molecule has 0 aromatic rings. The Morgan fingerprint density at radius 2 is 0.886 bits per heavy atom. The molecule has 0 radical (unpaired) electrons. The van der Waals surface area contributed by atoms with E-state index in [0.717, 1.165) is 12.8 Å². The quantitative estimate of drug-likeness (QED) is 0.0753. The highest BCUT2D eigenvalue weighted by Crippen LogP contribution is 2.59. The van der Waals surface area contributed by atoms with E-state index in [1.54, 1.807) is 0 Å². The number of nitrogens with zero attached hydrogens (tertiary/aromatic N) is 1. The topological polar surface area (TPSA) is 83.4 Å². The third-order valence-electron chi connectivity index (χ3n) is 4.60. The molecule has 0 aromatic heterocycles. The maximum absolute atomic E-state index is 12.9. The van der Waals surface area contributed by atoms with Gasteiger partial charge in [-0.15, -0.1) is 0 Å². The second kappa shape index (κ2) is 16.6. The Morgan fingerprint density at radius 1 is 0.571 bits per heavy atom. The van der Waals surface area contributed by atoms with Crippen LogP contribution in [0.15, 0.2) is 4.15 Å². The van der Waals surface area contributed by atoms with Gasteiger partial charge in [-0.1, -0.05) is 81.7 Å². The molecule has 212 valence electrons. The lowest BCUT2D eigenvalue weighted by Gasteiger charge is -2.37. The van der Waals surface area contributed by atoms with Crippen molar-refractivity contribution in [1.82, 2.24) is 0 Å². The van der Waals surface area contributed by atoms with E-state index in [1.807, 2.05) is 58.9 Å². The SMILES string of the molecule is CCCCCCCCCCCCCCOS(=O)(=O)N=P(O[Si](C)(C)C)(O[Si](C)(C)C)O[Si](C)(C)C. The van der Waals surface area contributed by atoms with Crippen LogP contribution in [-0.2, 0) is 27.1 Å². The fraction of sp³-hybridized carbons (Fsp3) is 1.00. The van der Waals surface area contributed by atoms with Crippen LogP contribution in [0.5, 0.6) is 0 Å². The first-order chi connectivity index (χ1) is 15.9. The number of unbranched alkanes of at least 4 members (excludes halogenated alkanes) is 11. The molecule has 35 heavy (non-hydrogen) atoms. The van der Waals surface area contributed by atoms with E-state index in [1.165, 1.54) is 57.8 Å². The van der Waals surface area contributed by atoms with Crippen molar-refractivity contribution in [2.24, 2.45) is 4.15 Å². The Morgan fingerprint density at radius 3 is 1.20 bits per heavy atom. The van der Waals surface area contributed by atoms with E-state index in [9.17, 15) is 8.42 Å². The number of hydrogen-bond acceptors (Lipinski definition) is 6. The maximum atomic E-state index is 12.9. The lowest BCUT2D eigenvalue weighted by molar-refractivity contribution is 0.305. The second-order valence-electron chi connectivity index (χ2n) is 12.3. The molecule has 0 amide bonds. The Hall–Kier alpha value is 0.671. The third kappa shape index (κ3) is 22.4. The normalized spacial score (nSPS) is 13.9. The van der Waals surface area contributed by atoms with E-state index >= 15 is 0 Å². The molecular formula is C23H56NO6PSSi3. The van der Waals surface area contributed by atoms with E-state index in [-0.39, 0.29) is 6.61 Å². The van der Waals surface area contributed by atoms with Gasteiger partial charge in [0.05, 0.1) is 6.61 Å². The summed E-state index contributed by atoms with van der Waals surface area (Å²) in [6.07, 6.45) is 14.6. The van der Waals surface area contributed by atoms with E-state index in [0.29, 0.717) is 6.42 Å². The van der Waals surface area contributed by atoms with Crippen molar-refractivity contribution < 1.29 is 25.2 Å². The first kappa shape index (κ1) is 35.7. The summed E-state index contributed by atoms with van der Waals surface area (Å²) in [7, 11) is -14.4. The fourth-order valence-electron chi connectivity index (χ4n) is 3.40. The van der Waals surface area contributed by atoms with Gasteiger partial charge >= 0.3 is 18.0 Å². The largest absolute Gasteiger partial charge is 0.385 e. The molecule has 0 aliphatic rings. The zero-order valence-corrected chi connectivity index (χ0v) is 29.2. The third-order valence-corrected chi connectivity index (χ3v) is 16.0. The molecule has 0 bridgehead atoms. The van der Waals surface area contributed by atoms with Crippen molar-refractivity contribution in [1.29, 1.82) is 0 Å². The predicted molar refractivity (Wildman–Crippen MR) is 159 cm³/mol. The summed E-state index contributed by atoms with van der Waals surface area (Å²) in [5.74, 6) is 0. The summed E-state index contributed by atoms with van der Waals surface area (Å²) in [6, 6.07) is 0. The van der Waals surface area contributed by atoms with Crippen molar-refractivity contribution in [2.75, 3.05) is 6.61 Å². The van der Waals surface area contributed by atoms with Gasteiger partial charge in [0.1, 0.15) is 0 Å². The van der Waals surface area contributed by atoms with Crippen molar-refractivity contribution in [2.45, 2.75) is 143 Å². The van der Waals surface area contributed by atoms with Crippen LogP contribution in [0, 0.1) is 0 Å². The molecule has 12 heteroatoms. The highest BCUT2D eigenvalue weighted by Gasteiger charge is 2.41. The van der Waals surface area contributed by atoms with Crippen LogP contribution in [0.2, 0.25) is 58.9 Å². The zero-order valence-electron chi connectivity index (χ0n) is 24.4. The molecule has 0 aliphatic heterocycles. The van der Waals surface area contributed by atoms with Crippen LogP contribution in [0.4, 0.5) is 0 Å². The lowest BCUT2D eigenvalue weighted by atomic mass is 10.1. The van der Waals surface area contributed by atoms with E-state index in [4.69, 9.17) is 16.8 Å². The summed E-state index contributed by atoms with van der Waals surface area (Å²) in [5.41, 5.74) is 0. The van der Waals surface area contributed by atoms with Gasteiger partial charge in [0, 0.05) is 0 Å². The van der Waals surface area contributed by atoms with Crippen molar-refractivity contribution in [3.05, 3.63) is 0 Å². The Kier molecular flexibility index (Phi) is 16.9. The summed E-state index contributed by atoms with van der Waals surface area (Å²) >= 11 is 0. The second-order valence-corrected chi connectivity index (χ2v) is 29.8. The minimum absolute atomic E-state index is 0.121. The molecule has 0 saturated carbocycles. The molecule has 0 saturated heterocycles. The standard InChI is InChI=1S/C23H56NO6PSSi3/c1-11-12-13-14-15-16-17-18-19-20-21-22-23-27-32(25,26)24-31(28-33(2,3)4,29-34(5,6)7)30-35(8,9)10/h11-23H2,1-10H3. The van der Waals surface area contributed by atoms with Crippen LogP contribution < -0.4 is 0 Å². The molecule has 0 fully saturated rings. The Balaban J connectivity index is 4.85. The first-order valence-corrected chi connectivity index (χ1v) is 26.6. The molecular weight excluding hydrogens is 534 g/mol. The van der Waals surface area contributed by atoms with Gasteiger partial charge in [-0.05, 0) is 65.3 Å². The van der Waals surface area contributed by atoms with Gasteiger partial charge < -0.3 is 12.6 Å². The van der Waals surface area contributed by atoms with Crippen LogP contribution in [0.25, 0.3) is 0 Å². The average Bonchev–Trinajstić information content (AvgIpc) is 2.60. The first-order valence-electron chi connectivity index (χ1n) is 13.5. The Labute approximate surface area is 221 Å². The molecule has 0 aromatic carbocycles. The van der Waals surface area contributed by atoms with Crippen LogP contribution in [0.3, 0.4) is 0 Å². The van der Waals surface area contributed by atoms with Gasteiger partial charge in [-0.2, -0.15) is 8.42 Å². The van der Waals surface area contributed by atoms with Crippen molar-refractivity contribution in [3.8, 4) is 0 Å². The molecule has 0 rings (SSSR count). The monoisotopic (exact) mass is 589 g/mol. The van der Waals surface area contributed by atoms with Gasteiger partial charge in [-0.25, -0.2) is 0 Å². The summed E-state index contributed by atoms with van der Waals surface area (Å²) in [6.45, 7) is 20.2. The molecule has 0 atom stereocenters. The predicted octanol–water partition coefficient (Wildman–Crippen LogP) is 9.45. The molecule has 7 nitrogen and oxygen atoms in total. The molecule has 0 N–H and O–H groups in total. The smallest absolute Gasteiger partial charge is 0.346 e. The Bertz CT molecular complexity index is 683. The van der Waals surface area contributed by atoms with E-state index in [2.05, 4.69) is 11.1 Å². The van der Waals surface area contributed by atoms with Gasteiger partial charge in [0.25, 0.3) is 0 Å². The van der Waals surface area contributed by atoms with Crippen LogP contribution in [-0.4, -0.2) is 40.0 Å². The van der Waals surface area contributed by atoms with Crippen molar-refractivity contribution in [3.63, 3.8) is 0 Å². The average molecular weight is 590 g/mol. The highest BCUT2D eigenvalue weighted by molar-refractivity contribution is 7.89. The number of hydrogen-bond donors (Lipinski definition) is 0. The van der Waals surface area contributed by atoms with Crippen molar-refractivity contribution >= 4 is 43.0 Å². The summed E-state index contributed by atoms with van der Waals surface area (Å²) < 4.78 is 53.9. The molecule has 0 heterocycles. The van der Waals surface area contributed by atoms with Crippen LogP contribution >= 0.6 is 7.74 Å². The highest BCUT2D eigenvalue weighted by atomic mass is 32.2.